The lowest BCUT2D eigenvalue weighted by atomic mass is 10.1. The highest BCUT2D eigenvalue weighted by molar-refractivity contribution is 8.00. The Morgan fingerprint density at radius 3 is 2.60 bits per heavy atom. The van der Waals surface area contributed by atoms with Crippen molar-refractivity contribution in [2.45, 2.75) is 49.2 Å². The Morgan fingerprint density at radius 2 is 1.86 bits per heavy atom. The monoisotopic (exact) mass is 586 g/mol. The zero-order valence-electron chi connectivity index (χ0n) is 23.7. The number of rotatable bonds is 11. The summed E-state index contributed by atoms with van der Waals surface area (Å²) >= 11 is 1.25. The number of nitrogens with zero attached hydrogens (tertiary/aromatic N) is 2. The van der Waals surface area contributed by atoms with Crippen molar-refractivity contribution in [2.24, 2.45) is 0 Å². The van der Waals surface area contributed by atoms with E-state index in [4.69, 9.17) is 14.5 Å². The summed E-state index contributed by atoms with van der Waals surface area (Å²) in [5.41, 5.74) is 2.32. The van der Waals surface area contributed by atoms with Gasteiger partial charge in [-0.05, 0) is 61.2 Å². The van der Waals surface area contributed by atoms with Gasteiger partial charge in [-0.1, -0.05) is 55.1 Å². The van der Waals surface area contributed by atoms with Gasteiger partial charge in [-0.25, -0.2) is 4.98 Å². The van der Waals surface area contributed by atoms with E-state index in [0.717, 1.165) is 25.0 Å². The van der Waals surface area contributed by atoms with Crippen LogP contribution in [0.4, 0.5) is 5.69 Å². The van der Waals surface area contributed by atoms with Gasteiger partial charge < -0.3 is 20.1 Å². The highest BCUT2D eigenvalue weighted by Crippen LogP contribution is 2.29. The minimum absolute atomic E-state index is 0.0696. The number of anilines is 1. The van der Waals surface area contributed by atoms with Crippen LogP contribution in [-0.2, 0) is 16.1 Å². The molecule has 1 aromatic heterocycles. The van der Waals surface area contributed by atoms with Crippen molar-refractivity contribution >= 4 is 40.2 Å². The zero-order chi connectivity index (χ0) is 29.5. The standard InChI is InChI=1S/C32H34N4O5S/c1-3-28(30(38)34-26-12-6-7-13-27(26)40-2)42-32-35-25-11-5-4-10-24(25)31(39)36(32)20-21-14-16-22(17-15-21)29(37)33-19-23-9-8-18-41-23/h4-7,10-17,23,28H,3,8-9,18-20H2,1-2H3,(H,33,37)(H,34,38). The van der Waals surface area contributed by atoms with Crippen LogP contribution >= 0.6 is 11.8 Å². The third-order valence-corrected chi connectivity index (χ3v) is 8.53. The number of carbonyl (C=O) groups is 2. The second-order valence-corrected chi connectivity index (χ2v) is 11.2. The van der Waals surface area contributed by atoms with Crippen LogP contribution in [0.3, 0.4) is 0 Å². The highest BCUT2D eigenvalue weighted by atomic mass is 32.2. The van der Waals surface area contributed by atoms with Gasteiger partial charge in [0.2, 0.25) is 5.91 Å². The number of carbonyl (C=O) groups excluding carboxylic acids is 2. The number of hydrogen-bond donors (Lipinski definition) is 2. The first-order valence-electron chi connectivity index (χ1n) is 14.1. The van der Waals surface area contributed by atoms with Crippen LogP contribution < -0.4 is 20.9 Å². The molecule has 0 aliphatic carbocycles. The average Bonchev–Trinajstić information content (AvgIpc) is 3.55. The molecule has 3 aromatic carbocycles. The summed E-state index contributed by atoms with van der Waals surface area (Å²) in [6, 6.07) is 21.6. The topological polar surface area (TPSA) is 112 Å². The molecule has 1 aliphatic heterocycles. The second-order valence-electron chi connectivity index (χ2n) is 10.0. The molecule has 5 rings (SSSR count). The molecule has 2 N–H and O–H groups in total. The SMILES string of the molecule is CCC(Sc1nc2ccccc2c(=O)n1Cc1ccc(C(=O)NCC2CCCO2)cc1)C(=O)Nc1ccccc1OC. The first-order valence-corrected chi connectivity index (χ1v) is 14.9. The van der Waals surface area contributed by atoms with Gasteiger partial charge in [-0.15, -0.1) is 0 Å². The summed E-state index contributed by atoms with van der Waals surface area (Å²) in [5.74, 6) is 0.194. The Kier molecular flexibility index (Phi) is 9.55. The Hall–Kier alpha value is -4.15. The van der Waals surface area contributed by atoms with E-state index in [9.17, 15) is 14.4 Å². The van der Waals surface area contributed by atoms with Gasteiger partial charge in [-0.3, -0.25) is 19.0 Å². The molecule has 1 aliphatic rings. The number of benzene rings is 3. The smallest absolute Gasteiger partial charge is 0.262 e. The van der Waals surface area contributed by atoms with Gasteiger partial charge in [0.25, 0.3) is 11.5 Å². The Morgan fingerprint density at radius 1 is 1.10 bits per heavy atom. The normalized spacial score (nSPS) is 15.3. The van der Waals surface area contributed by atoms with Crippen molar-refractivity contribution in [1.82, 2.24) is 14.9 Å². The Balaban J connectivity index is 1.37. The number of thioether (sulfide) groups is 1. The number of para-hydroxylation sites is 3. The highest BCUT2D eigenvalue weighted by Gasteiger charge is 2.23. The van der Waals surface area contributed by atoms with Gasteiger partial charge in [0.1, 0.15) is 5.75 Å². The predicted octanol–water partition coefficient (Wildman–Crippen LogP) is 4.87. The minimum Gasteiger partial charge on any atom is -0.495 e. The van der Waals surface area contributed by atoms with E-state index in [1.54, 1.807) is 48.1 Å². The molecule has 0 saturated carbocycles. The maximum atomic E-state index is 13.7. The van der Waals surface area contributed by atoms with Crippen LogP contribution in [0.2, 0.25) is 0 Å². The van der Waals surface area contributed by atoms with Crippen LogP contribution in [0.1, 0.15) is 42.1 Å². The molecule has 2 unspecified atom stereocenters. The summed E-state index contributed by atoms with van der Waals surface area (Å²) in [6.45, 7) is 3.39. The van der Waals surface area contributed by atoms with E-state index in [-0.39, 0.29) is 30.0 Å². The quantitative estimate of drug-likeness (QED) is 0.191. The molecule has 1 saturated heterocycles. The molecule has 42 heavy (non-hydrogen) atoms. The largest absolute Gasteiger partial charge is 0.495 e. The van der Waals surface area contributed by atoms with Gasteiger partial charge in [0, 0.05) is 18.7 Å². The fourth-order valence-corrected chi connectivity index (χ4v) is 5.86. The molecular formula is C32H34N4O5S. The van der Waals surface area contributed by atoms with Gasteiger partial charge in [-0.2, -0.15) is 0 Å². The lowest BCUT2D eigenvalue weighted by Gasteiger charge is -2.19. The molecule has 0 bridgehead atoms. The van der Waals surface area contributed by atoms with Gasteiger partial charge >= 0.3 is 0 Å². The summed E-state index contributed by atoms with van der Waals surface area (Å²) in [5, 5.41) is 6.32. The second kappa shape index (κ2) is 13.7. The third-order valence-electron chi connectivity index (χ3n) is 7.17. The fourth-order valence-electron chi connectivity index (χ4n) is 4.85. The van der Waals surface area contributed by atoms with Gasteiger partial charge in [0.15, 0.2) is 5.16 Å². The van der Waals surface area contributed by atoms with E-state index in [1.807, 2.05) is 43.3 Å². The predicted molar refractivity (Wildman–Crippen MR) is 164 cm³/mol. The van der Waals surface area contributed by atoms with Crippen molar-refractivity contribution in [3.05, 3.63) is 94.3 Å². The van der Waals surface area contributed by atoms with E-state index in [0.29, 0.717) is 46.0 Å². The summed E-state index contributed by atoms with van der Waals surface area (Å²) in [6.07, 6.45) is 2.56. The molecule has 2 heterocycles. The average molecular weight is 587 g/mol. The van der Waals surface area contributed by atoms with Crippen LogP contribution in [0.5, 0.6) is 5.75 Å². The molecule has 9 nitrogen and oxygen atoms in total. The number of methoxy groups -OCH3 is 1. The van der Waals surface area contributed by atoms with Crippen molar-refractivity contribution in [1.29, 1.82) is 0 Å². The van der Waals surface area contributed by atoms with E-state index in [1.165, 1.54) is 11.8 Å². The number of fused-ring (bicyclic) bond motifs is 1. The number of ether oxygens (including phenoxy) is 2. The van der Waals surface area contributed by atoms with Crippen LogP contribution in [-0.4, -0.2) is 53.0 Å². The molecule has 1 fully saturated rings. The van der Waals surface area contributed by atoms with Crippen molar-refractivity contribution < 1.29 is 19.1 Å². The van der Waals surface area contributed by atoms with Gasteiger partial charge in [0.05, 0.1) is 41.6 Å². The van der Waals surface area contributed by atoms with Crippen molar-refractivity contribution in [3.63, 3.8) is 0 Å². The van der Waals surface area contributed by atoms with Crippen LogP contribution in [0.15, 0.2) is 82.7 Å². The first kappa shape index (κ1) is 29.3. The molecule has 10 heteroatoms. The molecule has 2 amide bonds. The molecule has 4 aromatic rings. The number of nitrogens with one attached hydrogen (secondary N) is 2. The number of amides is 2. The minimum atomic E-state index is -0.510. The summed E-state index contributed by atoms with van der Waals surface area (Å²) in [4.78, 5) is 44.4. The molecule has 0 spiro atoms. The van der Waals surface area contributed by atoms with E-state index >= 15 is 0 Å². The maximum absolute atomic E-state index is 13.7. The third kappa shape index (κ3) is 6.83. The van der Waals surface area contributed by atoms with E-state index < -0.39 is 5.25 Å². The summed E-state index contributed by atoms with van der Waals surface area (Å²) in [7, 11) is 1.55. The maximum Gasteiger partial charge on any atom is 0.262 e. The lowest BCUT2D eigenvalue weighted by molar-refractivity contribution is -0.115. The Labute approximate surface area is 248 Å². The molecule has 0 radical (unpaired) electrons. The van der Waals surface area contributed by atoms with Crippen molar-refractivity contribution in [3.8, 4) is 5.75 Å². The fraction of sp³-hybridized carbons (Fsp3) is 0.312. The first-order chi connectivity index (χ1) is 20.5. The molecule has 2 atom stereocenters. The van der Waals surface area contributed by atoms with E-state index in [2.05, 4.69) is 10.6 Å². The molecule has 218 valence electrons. The van der Waals surface area contributed by atoms with Crippen LogP contribution in [0.25, 0.3) is 10.9 Å². The Bertz CT molecular complexity index is 1620. The summed E-state index contributed by atoms with van der Waals surface area (Å²) < 4.78 is 12.6. The lowest BCUT2D eigenvalue weighted by Crippen LogP contribution is -2.31. The van der Waals surface area contributed by atoms with Crippen LogP contribution in [0, 0.1) is 0 Å². The molecular weight excluding hydrogens is 552 g/mol. The van der Waals surface area contributed by atoms with Crippen molar-refractivity contribution in [2.75, 3.05) is 25.6 Å². The number of aromatic nitrogens is 2. The zero-order valence-corrected chi connectivity index (χ0v) is 24.5. The number of hydrogen-bond acceptors (Lipinski definition) is 7.